The van der Waals surface area contributed by atoms with E-state index in [1.165, 1.54) is 24.8 Å². The van der Waals surface area contributed by atoms with E-state index in [0.717, 1.165) is 90.4 Å². The number of sulfonamides is 1. The average Bonchev–Trinajstić information content (AvgIpc) is 3.77. The molecule has 0 spiro atoms. The van der Waals surface area contributed by atoms with Gasteiger partial charge in [0.15, 0.2) is 0 Å². The molecule has 9 nitrogen and oxygen atoms in total. The normalized spacial score (nSPS) is 28.5. The molecule has 50 heavy (non-hydrogen) atoms. The van der Waals surface area contributed by atoms with E-state index in [-0.39, 0.29) is 29.8 Å². The summed E-state index contributed by atoms with van der Waals surface area (Å²) in [6.45, 7) is 1.62. The number of ether oxygens (including phenoxy) is 2. The van der Waals surface area contributed by atoms with Crippen LogP contribution in [-0.2, 0) is 30.9 Å². The maximum absolute atomic E-state index is 14.9. The van der Waals surface area contributed by atoms with Crippen LogP contribution in [0, 0.1) is 5.92 Å². The second-order valence-corrected chi connectivity index (χ2v) is 17.7. The number of amides is 2. The lowest BCUT2D eigenvalue weighted by atomic mass is 9.75. The number of morpholine rings is 1. The van der Waals surface area contributed by atoms with Crippen LogP contribution in [0.3, 0.4) is 0 Å². The number of aromatic nitrogens is 1. The van der Waals surface area contributed by atoms with E-state index in [1.54, 1.807) is 7.11 Å². The van der Waals surface area contributed by atoms with Gasteiger partial charge in [-0.05, 0) is 91.7 Å². The molecule has 266 valence electrons. The van der Waals surface area contributed by atoms with Crippen molar-refractivity contribution in [3.05, 3.63) is 63.9 Å². The maximum Gasteiger partial charge on any atom is 0.265 e. The van der Waals surface area contributed by atoms with Crippen LogP contribution in [0.15, 0.2) is 52.6 Å². The first-order chi connectivity index (χ1) is 24.4. The standard InChI is InChI=1S/C40H49N3O6S/c1-48-34-19-18-28(24-10-4-2-5-11-24)38-31(34)20-33-35-29(16-9-17-30(35)40(45)43-25-12-8-13-26(43)23-49-22-25)36-32(21-42(33)38)37(36)39(44)41-50(46,47)27-14-6-3-7-15-27/h9,16,18-20,24-27,30,35H,2-8,10-15,17,21-23H2,1H3,(H,41,44)/t25?,26?,30-,35?/m1/s1. The minimum atomic E-state index is -3.80. The van der Waals surface area contributed by atoms with Crippen molar-refractivity contribution in [2.75, 3.05) is 20.3 Å². The molecule has 4 heterocycles. The van der Waals surface area contributed by atoms with Gasteiger partial charge in [-0.1, -0.05) is 56.7 Å². The summed E-state index contributed by atoms with van der Waals surface area (Å²) in [5.74, 6) is 0.262. The number of nitrogens with one attached hydrogen (secondary N) is 1. The van der Waals surface area contributed by atoms with Crippen LogP contribution in [0.5, 0.6) is 5.75 Å². The maximum atomic E-state index is 14.9. The summed E-state index contributed by atoms with van der Waals surface area (Å²) in [5.41, 5.74) is 6.70. The first-order valence-corrected chi connectivity index (χ1v) is 20.7. The minimum absolute atomic E-state index is 0.0904. The Hall–Kier alpha value is -3.37. The van der Waals surface area contributed by atoms with E-state index >= 15 is 0 Å². The van der Waals surface area contributed by atoms with Crippen molar-refractivity contribution in [2.45, 2.75) is 126 Å². The summed E-state index contributed by atoms with van der Waals surface area (Å²) in [5, 5.41) is 0.513. The molecule has 1 aromatic heterocycles. The summed E-state index contributed by atoms with van der Waals surface area (Å²) in [7, 11) is -2.09. The number of carbonyl (C=O) groups is 2. The second kappa shape index (κ2) is 12.7. The molecule has 3 aliphatic heterocycles. The summed E-state index contributed by atoms with van der Waals surface area (Å²) in [6.07, 6.45) is 17.7. The lowest BCUT2D eigenvalue weighted by molar-refractivity contribution is -0.155. The third-order valence-corrected chi connectivity index (χ3v) is 14.8. The van der Waals surface area contributed by atoms with Crippen molar-refractivity contribution in [3.8, 4) is 5.75 Å². The SMILES string of the molecule is COc1ccc(C2CCCCC2)c2c1cc1n2CC2=C(C(=O)NS(=O)(=O)C3CCCCC3)C2=C2C=CC[C@@H](C(=O)N3C4CCCC3COC4)C21. The Kier molecular flexibility index (Phi) is 8.26. The molecule has 2 amide bonds. The summed E-state index contributed by atoms with van der Waals surface area (Å²) >= 11 is 0. The van der Waals surface area contributed by atoms with Crippen LogP contribution in [0.1, 0.15) is 113 Å². The largest absolute Gasteiger partial charge is 0.496 e. The highest BCUT2D eigenvalue weighted by molar-refractivity contribution is 7.90. The predicted molar refractivity (Wildman–Crippen MR) is 191 cm³/mol. The van der Waals surface area contributed by atoms with E-state index in [4.69, 9.17) is 9.47 Å². The van der Waals surface area contributed by atoms with Crippen LogP contribution in [0.4, 0.5) is 0 Å². The Labute approximate surface area is 295 Å². The Morgan fingerprint density at radius 3 is 2.36 bits per heavy atom. The Bertz CT molecular complexity index is 1920. The highest BCUT2D eigenvalue weighted by Gasteiger charge is 2.50. The Morgan fingerprint density at radius 2 is 1.64 bits per heavy atom. The van der Waals surface area contributed by atoms with Crippen LogP contribution in [-0.4, -0.2) is 67.4 Å². The van der Waals surface area contributed by atoms with Gasteiger partial charge in [0, 0.05) is 23.5 Å². The van der Waals surface area contributed by atoms with Crippen LogP contribution < -0.4 is 9.46 Å². The smallest absolute Gasteiger partial charge is 0.265 e. The number of hydrogen-bond donors (Lipinski definition) is 1. The molecular weight excluding hydrogens is 651 g/mol. The molecule has 1 N–H and O–H groups in total. The fourth-order valence-electron chi connectivity index (χ4n) is 10.5. The van der Waals surface area contributed by atoms with E-state index in [0.29, 0.717) is 50.5 Å². The van der Waals surface area contributed by atoms with Gasteiger partial charge in [0.2, 0.25) is 15.9 Å². The molecule has 2 bridgehead atoms. The highest BCUT2D eigenvalue weighted by atomic mass is 32.2. The van der Waals surface area contributed by atoms with Gasteiger partial charge >= 0.3 is 0 Å². The molecule has 2 aromatic rings. The number of piperidine rings is 1. The number of benzene rings is 1. The zero-order valence-electron chi connectivity index (χ0n) is 29.1. The van der Waals surface area contributed by atoms with Gasteiger partial charge in [-0.25, -0.2) is 13.1 Å². The molecule has 4 atom stereocenters. The lowest BCUT2D eigenvalue weighted by Gasteiger charge is -2.48. The topological polar surface area (TPSA) is 107 Å². The lowest BCUT2D eigenvalue weighted by Crippen LogP contribution is -2.59. The summed E-state index contributed by atoms with van der Waals surface area (Å²) in [4.78, 5) is 31.1. The number of rotatable bonds is 6. The van der Waals surface area contributed by atoms with Crippen molar-refractivity contribution < 1.29 is 27.5 Å². The van der Waals surface area contributed by atoms with Gasteiger partial charge in [-0.15, -0.1) is 0 Å². The fourth-order valence-corrected chi connectivity index (χ4v) is 12.0. The Morgan fingerprint density at radius 1 is 0.920 bits per heavy atom. The number of fused-ring (bicyclic) bond motifs is 8. The molecule has 2 saturated carbocycles. The molecule has 4 aliphatic carbocycles. The van der Waals surface area contributed by atoms with Crippen molar-refractivity contribution in [3.63, 3.8) is 0 Å². The number of hydrogen-bond acceptors (Lipinski definition) is 6. The molecule has 4 fully saturated rings. The fraction of sp³-hybridized carbons (Fsp3) is 0.600. The Balaban J connectivity index is 1.18. The van der Waals surface area contributed by atoms with Gasteiger partial charge in [0.25, 0.3) is 5.91 Å². The molecule has 3 unspecified atom stereocenters. The van der Waals surface area contributed by atoms with Crippen LogP contribution in [0.25, 0.3) is 10.9 Å². The van der Waals surface area contributed by atoms with E-state index < -0.39 is 21.2 Å². The first-order valence-electron chi connectivity index (χ1n) is 19.2. The van der Waals surface area contributed by atoms with Gasteiger partial charge in [-0.2, -0.15) is 0 Å². The van der Waals surface area contributed by atoms with E-state index in [9.17, 15) is 18.0 Å². The van der Waals surface area contributed by atoms with Gasteiger partial charge in [-0.3, -0.25) is 9.59 Å². The third kappa shape index (κ3) is 5.30. The van der Waals surface area contributed by atoms with Crippen LogP contribution >= 0.6 is 0 Å². The number of allylic oxidation sites excluding steroid dienone is 4. The molecule has 10 heteroatoms. The zero-order valence-corrected chi connectivity index (χ0v) is 29.9. The number of nitrogens with zero attached hydrogens (tertiary/aromatic N) is 2. The van der Waals surface area contributed by atoms with E-state index in [1.807, 2.05) is 0 Å². The quantitative estimate of drug-likeness (QED) is 0.367. The van der Waals surface area contributed by atoms with Crippen LogP contribution in [0.2, 0.25) is 0 Å². The minimum Gasteiger partial charge on any atom is -0.496 e. The van der Waals surface area contributed by atoms with Crippen molar-refractivity contribution >= 4 is 32.7 Å². The molecular formula is C40H49N3O6S. The van der Waals surface area contributed by atoms with Crippen molar-refractivity contribution in [1.82, 2.24) is 14.2 Å². The molecule has 9 rings (SSSR count). The molecule has 0 radical (unpaired) electrons. The zero-order chi connectivity index (χ0) is 34.1. The first kappa shape index (κ1) is 32.5. The summed E-state index contributed by atoms with van der Waals surface area (Å²) in [6, 6.07) is 6.76. The van der Waals surface area contributed by atoms with Crippen molar-refractivity contribution in [1.29, 1.82) is 0 Å². The van der Waals surface area contributed by atoms with Gasteiger partial charge in [0.1, 0.15) is 5.75 Å². The third-order valence-electron chi connectivity index (χ3n) is 13.0. The number of carbonyl (C=O) groups excluding carboxylic acids is 2. The summed E-state index contributed by atoms with van der Waals surface area (Å²) < 4.78 is 43.7. The van der Waals surface area contributed by atoms with Gasteiger partial charge in [0.05, 0.1) is 54.7 Å². The predicted octanol–water partition coefficient (Wildman–Crippen LogP) is 6.54. The number of methoxy groups -OCH3 is 1. The monoisotopic (exact) mass is 699 g/mol. The van der Waals surface area contributed by atoms with E-state index in [2.05, 4.69) is 44.5 Å². The molecule has 1 aromatic carbocycles. The molecule has 7 aliphatic rings. The second-order valence-electron chi connectivity index (χ2n) is 15.8. The van der Waals surface area contributed by atoms with Gasteiger partial charge < -0.3 is 18.9 Å². The molecule has 2 saturated heterocycles. The average molecular weight is 700 g/mol. The van der Waals surface area contributed by atoms with Crippen molar-refractivity contribution in [2.24, 2.45) is 5.92 Å². The highest BCUT2D eigenvalue weighted by Crippen LogP contribution is 2.55.